The van der Waals surface area contributed by atoms with Crippen molar-refractivity contribution in [1.82, 2.24) is 9.97 Å². The number of sulfone groups is 1. The molecule has 2 heterocycles. The molecular weight excluding hydrogens is 228 g/mol. The van der Waals surface area contributed by atoms with E-state index in [2.05, 4.69) is 9.97 Å². The smallest absolute Gasteiger partial charge is 0.221 e. The number of nitrogen functional groups attached to an aromatic ring is 1. The van der Waals surface area contributed by atoms with Crippen molar-refractivity contribution in [3.05, 3.63) is 12.3 Å². The van der Waals surface area contributed by atoms with Crippen LogP contribution in [0.25, 0.3) is 0 Å². The quantitative estimate of drug-likeness (QED) is 0.726. The molecule has 0 saturated carbocycles. The SMILES string of the molecule is Nc1nccc(N2CCCS(=O)(=O)CC2)n1. The highest BCUT2D eigenvalue weighted by Crippen LogP contribution is 2.14. The third kappa shape index (κ3) is 2.60. The van der Waals surface area contributed by atoms with Gasteiger partial charge in [0.15, 0.2) is 9.84 Å². The number of rotatable bonds is 1. The van der Waals surface area contributed by atoms with Crippen molar-refractivity contribution in [2.45, 2.75) is 6.42 Å². The maximum Gasteiger partial charge on any atom is 0.221 e. The Kier molecular flexibility index (Phi) is 2.95. The Balaban J connectivity index is 2.17. The highest BCUT2D eigenvalue weighted by atomic mass is 32.2. The van der Waals surface area contributed by atoms with Gasteiger partial charge >= 0.3 is 0 Å². The summed E-state index contributed by atoms with van der Waals surface area (Å²) >= 11 is 0. The average Bonchev–Trinajstić information content (AvgIpc) is 2.39. The molecule has 88 valence electrons. The van der Waals surface area contributed by atoms with Gasteiger partial charge in [-0.25, -0.2) is 13.4 Å². The summed E-state index contributed by atoms with van der Waals surface area (Å²) in [5.41, 5.74) is 5.49. The lowest BCUT2D eigenvalue weighted by Crippen LogP contribution is -2.27. The predicted molar refractivity (Wildman–Crippen MR) is 61.9 cm³/mol. The summed E-state index contributed by atoms with van der Waals surface area (Å²) in [6.07, 6.45) is 2.21. The molecule has 1 fully saturated rings. The topological polar surface area (TPSA) is 89.2 Å². The van der Waals surface area contributed by atoms with Crippen molar-refractivity contribution in [3.8, 4) is 0 Å². The molecular formula is C9H14N4O2S. The van der Waals surface area contributed by atoms with Gasteiger partial charge in [-0.3, -0.25) is 0 Å². The van der Waals surface area contributed by atoms with Crippen molar-refractivity contribution in [1.29, 1.82) is 0 Å². The molecule has 1 aliphatic rings. The molecule has 0 spiro atoms. The predicted octanol–water partition coefficient (Wildman–Crippen LogP) is -0.316. The molecule has 2 N–H and O–H groups in total. The normalized spacial score (nSPS) is 20.4. The highest BCUT2D eigenvalue weighted by Gasteiger charge is 2.19. The lowest BCUT2D eigenvalue weighted by atomic mass is 10.4. The van der Waals surface area contributed by atoms with E-state index in [9.17, 15) is 8.42 Å². The van der Waals surface area contributed by atoms with E-state index in [-0.39, 0.29) is 17.5 Å². The van der Waals surface area contributed by atoms with Gasteiger partial charge in [-0.15, -0.1) is 0 Å². The van der Waals surface area contributed by atoms with E-state index in [1.54, 1.807) is 12.3 Å². The van der Waals surface area contributed by atoms with Gasteiger partial charge in [0.1, 0.15) is 5.82 Å². The summed E-state index contributed by atoms with van der Waals surface area (Å²) in [6.45, 7) is 1.16. The first-order valence-electron chi connectivity index (χ1n) is 5.11. The molecule has 0 unspecified atom stereocenters. The highest BCUT2D eigenvalue weighted by molar-refractivity contribution is 7.91. The molecule has 1 aliphatic heterocycles. The van der Waals surface area contributed by atoms with E-state index in [1.165, 1.54) is 0 Å². The van der Waals surface area contributed by atoms with Crippen molar-refractivity contribution in [2.24, 2.45) is 0 Å². The van der Waals surface area contributed by atoms with Gasteiger partial charge in [0.05, 0.1) is 11.5 Å². The zero-order valence-corrected chi connectivity index (χ0v) is 9.65. The van der Waals surface area contributed by atoms with Crippen LogP contribution in [0.15, 0.2) is 12.3 Å². The third-order valence-electron chi connectivity index (χ3n) is 2.54. The maximum atomic E-state index is 11.4. The van der Waals surface area contributed by atoms with Gasteiger partial charge in [-0.05, 0) is 12.5 Å². The molecule has 0 atom stereocenters. The lowest BCUT2D eigenvalue weighted by molar-refractivity contribution is 0.597. The van der Waals surface area contributed by atoms with Gasteiger partial charge in [0.25, 0.3) is 0 Å². The Labute approximate surface area is 94.4 Å². The zero-order chi connectivity index (χ0) is 11.6. The van der Waals surface area contributed by atoms with Crippen LogP contribution >= 0.6 is 0 Å². The number of hydrogen-bond donors (Lipinski definition) is 1. The number of aromatic nitrogens is 2. The Morgan fingerprint density at radius 3 is 2.88 bits per heavy atom. The van der Waals surface area contributed by atoms with Crippen molar-refractivity contribution in [2.75, 3.05) is 35.2 Å². The number of anilines is 2. The van der Waals surface area contributed by atoms with Crippen LogP contribution in [-0.2, 0) is 9.84 Å². The zero-order valence-electron chi connectivity index (χ0n) is 8.83. The molecule has 2 rings (SSSR count). The number of nitrogens with two attached hydrogens (primary N) is 1. The van der Waals surface area contributed by atoms with E-state index < -0.39 is 9.84 Å². The van der Waals surface area contributed by atoms with Crippen LogP contribution in [0.3, 0.4) is 0 Å². The lowest BCUT2D eigenvalue weighted by Gasteiger charge is -2.20. The van der Waals surface area contributed by atoms with Crippen LogP contribution in [0.2, 0.25) is 0 Å². The fourth-order valence-electron chi connectivity index (χ4n) is 1.71. The van der Waals surface area contributed by atoms with E-state index >= 15 is 0 Å². The number of nitrogens with zero attached hydrogens (tertiary/aromatic N) is 3. The van der Waals surface area contributed by atoms with E-state index in [0.29, 0.717) is 25.3 Å². The van der Waals surface area contributed by atoms with Crippen LogP contribution in [0.4, 0.5) is 11.8 Å². The molecule has 6 nitrogen and oxygen atoms in total. The molecule has 0 radical (unpaired) electrons. The average molecular weight is 242 g/mol. The molecule has 1 saturated heterocycles. The van der Waals surface area contributed by atoms with Crippen LogP contribution in [0.1, 0.15) is 6.42 Å². The first-order valence-corrected chi connectivity index (χ1v) is 6.93. The summed E-state index contributed by atoms with van der Waals surface area (Å²) in [6, 6.07) is 1.74. The first kappa shape index (κ1) is 11.1. The van der Waals surface area contributed by atoms with Gasteiger partial charge in [-0.2, -0.15) is 4.98 Å². The van der Waals surface area contributed by atoms with Crippen LogP contribution < -0.4 is 10.6 Å². The molecule has 0 aromatic carbocycles. The molecule has 1 aromatic heterocycles. The minimum Gasteiger partial charge on any atom is -0.368 e. The van der Waals surface area contributed by atoms with Crippen molar-refractivity contribution in [3.63, 3.8) is 0 Å². The minimum atomic E-state index is -2.89. The molecule has 16 heavy (non-hydrogen) atoms. The molecule has 7 heteroatoms. The third-order valence-corrected chi connectivity index (χ3v) is 4.25. The van der Waals surface area contributed by atoms with E-state index in [4.69, 9.17) is 5.73 Å². The van der Waals surface area contributed by atoms with Gasteiger partial charge in [-0.1, -0.05) is 0 Å². The second kappa shape index (κ2) is 4.25. The summed E-state index contributed by atoms with van der Waals surface area (Å²) in [4.78, 5) is 9.83. The molecule has 0 bridgehead atoms. The van der Waals surface area contributed by atoms with Gasteiger partial charge in [0.2, 0.25) is 5.95 Å². The monoisotopic (exact) mass is 242 g/mol. The molecule has 0 aliphatic carbocycles. The Hall–Kier alpha value is -1.37. The maximum absolute atomic E-state index is 11.4. The molecule has 0 amide bonds. The van der Waals surface area contributed by atoms with Crippen molar-refractivity contribution < 1.29 is 8.42 Å². The first-order chi connectivity index (χ1) is 7.57. The Bertz CT molecular complexity index is 474. The minimum absolute atomic E-state index is 0.177. The summed E-state index contributed by atoms with van der Waals surface area (Å²) in [7, 11) is -2.89. The van der Waals surface area contributed by atoms with Gasteiger partial charge < -0.3 is 10.6 Å². The standard InChI is InChI=1S/C9H14N4O2S/c10-9-11-3-2-8(12-9)13-4-1-6-16(14,15)7-5-13/h2-3H,1,4-7H2,(H2,10,11,12). The number of hydrogen-bond acceptors (Lipinski definition) is 6. The van der Waals surface area contributed by atoms with E-state index in [0.717, 1.165) is 0 Å². The molecule has 1 aromatic rings. The fraction of sp³-hybridized carbons (Fsp3) is 0.556. The summed E-state index contributed by atoms with van der Waals surface area (Å²) in [5.74, 6) is 1.34. The van der Waals surface area contributed by atoms with Crippen LogP contribution in [0.5, 0.6) is 0 Å². The largest absolute Gasteiger partial charge is 0.368 e. The summed E-state index contributed by atoms with van der Waals surface area (Å²) in [5, 5.41) is 0. The second-order valence-electron chi connectivity index (χ2n) is 3.77. The van der Waals surface area contributed by atoms with Crippen molar-refractivity contribution >= 4 is 21.6 Å². The Morgan fingerprint density at radius 1 is 1.31 bits per heavy atom. The summed E-state index contributed by atoms with van der Waals surface area (Å²) < 4.78 is 22.9. The van der Waals surface area contributed by atoms with Crippen LogP contribution in [0, 0.1) is 0 Å². The van der Waals surface area contributed by atoms with E-state index in [1.807, 2.05) is 4.90 Å². The second-order valence-corrected chi connectivity index (χ2v) is 6.07. The Morgan fingerprint density at radius 2 is 2.12 bits per heavy atom. The van der Waals surface area contributed by atoms with Gasteiger partial charge in [0, 0.05) is 19.3 Å². The van der Waals surface area contributed by atoms with Crippen LogP contribution in [-0.4, -0.2) is 43.0 Å². The fourth-order valence-corrected chi connectivity index (χ4v) is 2.98.